The van der Waals surface area contributed by atoms with Crippen molar-refractivity contribution < 1.29 is 4.74 Å². The molecule has 0 aliphatic rings. The highest BCUT2D eigenvalue weighted by Gasteiger charge is 2.13. The molecular weight excluding hydrogens is 338 g/mol. The van der Waals surface area contributed by atoms with Crippen molar-refractivity contribution in [1.82, 2.24) is 4.98 Å². The first-order chi connectivity index (χ1) is 9.40. The first-order valence-electron chi connectivity index (χ1n) is 6.39. The number of ether oxygens (including phenoxy) is 1. The number of nitrogens with zero attached hydrogens (tertiary/aromatic N) is 1. The molecule has 0 radical (unpaired) electrons. The Balaban J connectivity index is 2.22. The van der Waals surface area contributed by atoms with Crippen molar-refractivity contribution in [2.75, 3.05) is 0 Å². The molecule has 1 aromatic heterocycles. The average Bonchev–Trinajstić information content (AvgIpc) is 2.40. The van der Waals surface area contributed by atoms with Gasteiger partial charge in [0.1, 0.15) is 5.75 Å². The lowest BCUT2D eigenvalue weighted by Crippen LogP contribution is -2.10. The molecule has 0 bridgehead atoms. The number of benzene rings is 1. The third-order valence-corrected chi connectivity index (χ3v) is 3.69. The summed E-state index contributed by atoms with van der Waals surface area (Å²) >= 11 is 9.29. The summed E-state index contributed by atoms with van der Waals surface area (Å²) in [6, 6.07) is 9.99. The standard InChI is InChI=1S/C16H17BrClNO/c1-16(2,3)12-4-6-14(7-5-12)20-15-11(9-18)8-13(17)10-19-15/h4-8,10H,9H2,1-3H3. The van der Waals surface area contributed by atoms with Crippen LogP contribution in [0.5, 0.6) is 11.6 Å². The first kappa shape index (κ1) is 15.3. The van der Waals surface area contributed by atoms with Crippen molar-refractivity contribution in [2.45, 2.75) is 32.1 Å². The van der Waals surface area contributed by atoms with Crippen molar-refractivity contribution in [2.24, 2.45) is 0 Å². The summed E-state index contributed by atoms with van der Waals surface area (Å²) in [5.41, 5.74) is 2.27. The predicted octanol–water partition coefficient (Wildman–Crippen LogP) is 5.67. The maximum absolute atomic E-state index is 5.91. The molecule has 1 aromatic carbocycles. The third kappa shape index (κ3) is 3.74. The van der Waals surface area contributed by atoms with Gasteiger partial charge in [-0.25, -0.2) is 4.98 Å². The van der Waals surface area contributed by atoms with E-state index in [1.165, 1.54) is 5.56 Å². The molecule has 0 aliphatic carbocycles. The molecule has 0 fully saturated rings. The molecule has 0 spiro atoms. The van der Waals surface area contributed by atoms with Crippen LogP contribution in [0.1, 0.15) is 31.9 Å². The predicted molar refractivity (Wildman–Crippen MR) is 86.7 cm³/mol. The molecule has 106 valence electrons. The number of aromatic nitrogens is 1. The van der Waals surface area contributed by atoms with E-state index in [1.807, 2.05) is 18.2 Å². The van der Waals surface area contributed by atoms with Crippen LogP contribution in [0.25, 0.3) is 0 Å². The van der Waals surface area contributed by atoms with Crippen LogP contribution in [-0.2, 0) is 11.3 Å². The van der Waals surface area contributed by atoms with Crippen molar-refractivity contribution in [3.8, 4) is 11.6 Å². The molecule has 0 aliphatic heterocycles. The van der Waals surface area contributed by atoms with Gasteiger partial charge in [-0.05, 0) is 45.1 Å². The Hall–Kier alpha value is -1.06. The average molecular weight is 355 g/mol. The second-order valence-corrected chi connectivity index (χ2v) is 6.81. The smallest absolute Gasteiger partial charge is 0.223 e. The molecule has 2 rings (SSSR count). The van der Waals surface area contributed by atoms with Crippen LogP contribution in [0.15, 0.2) is 41.0 Å². The normalized spacial score (nSPS) is 11.4. The maximum atomic E-state index is 5.91. The Kier molecular flexibility index (Phi) is 4.71. The van der Waals surface area contributed by atoms with Gasteiger partial charge in [0.05, 0.1) is 5.88 Å². The summed E-state index contributed by atoms with van der Waals surface area (Å²) in [5.74, 6) is 1.67. The van der Waals surface area contributed by atoms with E-state index >= 15 is 0 Å². The van der Waals surface area contributed by atoms with Gasteiger partial charge in [-0.15, -0.1) is 11.6 Å². The molecule has 4 heteroatoms. The highest BCUT2D eigenvalue weighted by Crippen LogP contribution is 2.29. The molecule has 20 heavy (non-hydrogen) atoms. The minimum atomic E-state index is 0.135. The van der Waals surface area contributed by atoms with Crippen LogP contribution in [0.4, 0.5) is 0 Å². The van der Waals surface area contributed by atoms with Gasteiger partial charge >= 0.3 is 0 Å². The fraction of sp³-hybridized carbons (Fsp3) is 0.312. The lowest BCUT2D eigenvalue weighted by molar-refractivity contribution is 0.457. The van der Waals surface area contributed by atoms with E-state index in [1.54, 1.807) is 6.20 Å². The van der Waals surface area contributed by atoms with Crippen molar-refractivity contribution in [1.29, 1.82) is 0 Å². The zero-order chi connectivity index (χ0) is 14.8. The van der Waals surface area contributed by atoms with Gasteiger partial charge in [0.15, 0.2) is 0 Å². The zero-order valence-electron chi connectivity index (χ0n) is 11.8. The lowest BCUT2D eigenvalue weighted by Gasteiger charge is -2.19. The van der Waals surface area contributed by atoms with Crippen molar-refractivity contribution >= 4 is 27.5 Å². The molecule has 0 amide bonds. The van der Waals surface area contributed by atoms with Gasteiger partial charge in [-0.2, -0.15) is 0 Å². The quantitative estimate of drug-likeness (QED) is 0.662. The number of hydrogen-bond donors (Lipinski definition) is 0. The number of halogens is 2. The molecule has 2 aromatic rings. The van der Waals surface area contributed by atoms with Gasteiger partial charge in [-0.1, -0.05) is 32.9 Å². The Morgan fingerprint density at radius 1 is 1.20 bits per heavy atom. The lowest BCUT2D eigenvalue weighted by atomic mass is 9.87. The summed E-state index contributed by atoms with van der Waals surface area (Å²) < 4.78 is 6.70. The van der Waals surface area contributed by atoms with Crippen LogP contribution in [0.3, 0.4) is 0 Å². The van der Waals surface area contributed by atoms with E-state index in [2.05, 4.69) is 53.8 Å². The number of rotatable bonds is 3. The Morgan fingerprint density at radius 3 is 2.40 bits per heavy atom. The summed E-state index contributed by atoms with van der Waals surface area (Å²) in [6.45, 7) is 6.56. The Morgan fingerprint density at radius 2 is 1.85 bits per heavy atom. The summed E-state index contributed by atoms with van der Waals surface area (Å²) in [5, 5.41) is 0. The Bertz CT molecular complexity index is 590. The van der Waals surface area contributed by atoms with Gasteiger partial charge in [-0.3, -0.25) is 0 Å². The van der Waals surface area contributed by atoms with E-state index in [4.69, 9.17) is 16.3 Å². The van der Waals surface area contributed by atoms with Gasteiger partial charge < -0.3 is 4.74 Å². The van der Waals surface area contributed by atoms with Crippen LogP contribution in [0.2, 0.25) is 0 Å². The maximum Gasteiger partial charge on any atom is 0.223 e. The summed E-state index contributed by atoms with van der Waals surface area (Å²) in [6.07, 6.45) is 1.70. The first-order valence-corrected chi connectivity index (χ1v) is 7.71. The second kappa shape index (κ2) is 6.15. The minimum absolute atomic E-state index is 0.135. The van der Waals surface area contributed by atoms with Gasteiger partial charge in [0.2, 0.25) is 5.88 Å². The van der Waals surface area contributed by atoms with E-state index < -0.39 is 0 Å². The topological polar surface area (TPSA) is 22.1 Å². The highest BCUT2D eigenvalue weighted by molar-refractivity contribution is 9.10. The third-order valence-electron chi connectivity index (χ3n) is 2.97. The van der Waals surface area contributed by atoms with Crippen molar-refractivity contribution in [3.63, 3.8) is 0 Å². The van der Waals surface area contributed by atoms with Crippen LogP contribution >= 0.6 is 27.5 Å². The monoisotopic (exact) mass is 353 g/mol. The molecular formula is C16H17BrClNO. The van der Waals surface area contributed by atoms with E-state index in [-0.39, 0.29) is 5.41 Å². The van der Waals surface area contributed by atoms with E-state index in [9.17, 15) is 0 Å². The molecule has 0 saturated carbocycles. The zero-order valence-corrected chi connectivity index (χ0v) is 14.1. The summed E-state index contributed by atoms with van der Waals surface area (Å²) in [4.78, 5) is 4.26. The number of hydrogen-bond acceptors (Lipinski definition) is 2. The fourth-order valence-corrected chi connectivity index (χ4v) is 2.36. The van der Waals surface area contributed by atoms with Gasteiger partial charge in [0, 0.05) is 16.2 Å². The van der Waals surface area contributed by atoms with E-state index in [0.29, 0.717) is 11.8 Å². The van der Waals surface area contributed by atoms with Crippen molar-refractivity contribution in [3.05, 3.63) is 52.1 Å². The molecule has 0 unspecified atom stereocenters. The molecule has 0 saturated heterocycles. The second-order valence-electron chi connectivity index (χ2n) is 5.63. The van der Waals surface area contributed by atoms with E-state index in [0.717, 1.165) is 15.8 Å². The number of pyridine rings is 1. The number of alkyl halides is 1. The largest absolute Gasteiger partial charge is 0.439 e. The fourth-order valence-electron chi connectivity index (χ4n) is 1.79. The van der Waals surface area contributed by atoms with Gasteiger partial charge in [0.25, 0.3) is 0 Å². The molecule has 2 nitrogen and oxygen atoms in total. The van der Waals surface area contributed by atoms with Crippen LogP contribution in [0, 0.1) is 0 Å². The Labute approximate surface area is 133 Å². The minimum Gasteiger partial charge on any atom is -0.439 e. The molecule has 0 N–H and O–H groups in total. The summed E-state index contributed by atoms with van der Waals surface area (Å²) in [7, 11) is 0. The molecule has 0 atom stereocenters. The van der Waals surface area contributed by atoms with Crippen LogP contribution in [-0.4, -0.2) is 4.98 Å². The highest BCUT2D eigenvalue weighted by atomic mass is 79.9. The SMILES string of the molecule is CC(C)(C)c1ccc(Oc2ncc(Br)cc2CCl)cc1. The van der Waals surface area contributed by atoms with Crippen LogP contribution < -0.4 is 4.74 Å². The molecule has 1 heterocycles.